The molecule has 4 rings (SSSR count). The Morgan fingerprint density at radius 1 is 0.917 bits per heavy atom. The van der Waals surface area contributed by atoms with E-state index in [9.17, 15) is 8.42 Å². The van der Waals surface area contributed by atoms with E-state index in [1.807, 2.05) is 60.8 Å². The fraction of sp³-hybridized carbons (Fsp3) is 0.154. The number of methoxy groups -OCH3 is 3. The summed E-state index contributed by atoms with van der Waals surface area (Å²) in [6.45, 7) is 0.546. The van der Waals surface area contributed by atoms with Crippen LogP contribution in [0.3, 0.4) is 0 Å². The Morgan fingerprint density at radius 3 is 2.28 bits per heavy atom. The number of hydrogen-bond donors (Lipinski definition) is 1. The number of nitrogens with zero attached hydrogens (tertiary/aromatic N) is 3. The molecular weight excluding hydrogens is 480 g/mol. The van der Waals surface area contributed by atoms with E-state index >= 15 is 0 Å². The van der Waals surface area contributed by atoms with E-state index in [-0.39, 0.29) is 10.6 Å². The highest BCUT2D eigenvalue weighted by Crippen LogP contribution is 2.28. The summed E-state index contributed by atoms with van der Waals surface area (Å²) in [4.78, 5) is 2.17. The number of sulfonamides is 1. The van der Waals surface area contributed by atoms with E-state index < -0.39 is 10.0 Å². The highest BCUT2D eigenvalue weighted by Gasteiger charge is 2.20. The standard InChI is InChI=1S/C26H26N4O5S/c1-33-22-11-9-20(10-12-22)26-21(18-30(28-26)17-19-7-5-4-6-8-19)16-27-29-36(31,32)25-15-23(34-2)13-14-24(25)35-3/h4-16,18,29H,17H2,1-3H3/b27-16+. The van der Waals surface area contributed by atoms with Gasteiger partial charge in [0, 0.05) is 23.4 Å². The molecule has 0 bridgehead atoms. The first-order valence-electron chi connectivity index (χ1n) is 11.0. The van der Waals surface area contributed by atoms with E-state index in [0.717, 1.165) is 16.9 Å². The molecule has 4 aromatic rings. The molecule has 1 heterocycles. The van der Waals surface area contributed by atoms with Gasteiger partial charge in [0.1, 0.15) is 27.8 Å². The molecule has 10 heteroatoms. The van der Waals surface area contributed by atoms with Crippen LogP contribution in [0.4, 0.5) is 0 Å². The van der Waals surface area contributed by atoms with Gasteiger partial charge in [-0.1, -0.05) is 30.3 Å². The fourth-order valence-electron chi connectivity index (χ4n) is 3.56. The molecule has 0 fully saturated rings. The molecule has 0 spiro atoms. The first kappa shape index (κ1) is 24.8. The van der Waals surface area contributed by atoms with Crippen LogP contribution in [-0.4, -0.2) is 45.7 Å². The summed E-state index contributed by atoms with van der Waals surface area (Å²) in [5.41, 5.74) is 3.20. The van der Waals surface area contributed by atoms with Gasteiger partial charge in [-0.05, 0) is 42.0 Å². The summed E-state index contributed by atoms with van der Waals surface area (Å²) in [6.07, 6.45) is 3.24. The highest BCUT2D eigenvalue weighted by molar-refractivity contribution is 7.89. The molecule has 0 unspecified atom stereocenters. The van der Waals surface area contributed by atoms with Crippen LogP contribution in [0, 0.1) is 0 Å². The van der Waals surface area contributed by atoms with Crippen molar-refractivity contribution in [3.05, 3.63) is 90.1 Å². The predicted molar refractivity (Wildman–Crippen MR) is 137 cm³/mol. The van der Waals surface area contributed by atoms with Crippen LogP contribution in [0.25, 0.3) is 11.3 Å². The maximum atomic E-state index is 12.9. The SMILES string of the molecule is COc1ccc(-c2nn(Cc3ccccc3)cc2/C=N/NS(=O)(=O)c2cc(OC)ccc2OC)cc1. The molecule has 1 N–H and O–H groups in total. The van der Waals surface area contributed by atoms with Crippen molar-refractivity contribution < 1.29 is 22.6 Å². The topological polar surface area (TPSA) is 104 Å². The summed E-state index contributed by atoms with van der Waals surface area (Å²) in [7, 11) is 0.423. The summed E-state index contributed by atoms with van der Waals surface area (Å²) in [5, 5.41) is 8.75. The lowest BCUT2D eigenvalue weighted by molar-refractivity contribution is 0.392. The molecule has 0 saturated heterocycles. The third-order valence-corrected chi connectivity index (χ3v) is 6.62. The van der Waals surface area contributed by atoms with Gasteiger partial charge in [-0.2, -0.15) is 23.4 Å². The molecular formula is C26H26N4O5S. The zero-order chi connectivity index (χ0) is 25.5. The molecule has 0 radical (unpaired) electrons. The molecule has 0 saturated carbocycles. The Balaban J connectivity index is 1.65. The summed E-state index contributed by atoms with van der Waals surface area (Å²) in [5.74, 6) is 1.27. The van der Waals surface area contributed by atoms with E-state index in [2.05, 4.69) is 9.93 Å². The normalized spacial score (nSPS) is 11.4. The van der Waals surface area contributed by atoms with Gasteiger partial charge in [-0.25, -0.2) is 0 Å². The van der Waals surface area contributed by atoms with Crippen molar-refractivity contribution in [1.29, 1.82) is 0 Å². The Bertz CT molecular complexity index is 1450. The summed E-state index contributed by atoms with van der Waals surface area (Å²) < 4.78 is 43.3. The number of ether oxygens (including phenoxy) is 3. The van der Waals surface area contributed by atoms with Crippen LogP contribution >= 0.6 is 0 Å². The number of benzene rings is 3. The maximum Gasteiger partial charge on any atom is 0.280 e. The minimum absolute atomic E-state index is 0.0864. The Morgan fingerprint density at radius 2 is 1.61 bits per heavy atom. The second-order valence-electron chi connectivity index (χ2n) is 7.71. The second kappa shape index (κ2) is 11.0. The van der Waals surface area contributed by atoms with Gasteiger partial charge in [0.15, 0.2) is 0 Å². The zero-order valence-electron chi connectivity index (χ0n) is 20.1. The second-order valence-corrected chi connectivity index (χ2v) is 9.34. The molecule has 1 aromatic heterocycles. The largest absolute Gasteiger partial charge is 0.497 e. The fourth-order valence-corrected chi connectivity index (χ4v) is 4.54. The average molecular weight is 507 g/mol. The Kier molecular flexibility index (Phi) is 7.55. The number of rotatable bonds is 10. The van der Waals surface area contributed by atoms with Crippen LogP contribution in [0.5, 0.6) is 17.2 Å². The zero-order valence-corrected chi connectivity index (χ0v) is 20.9. The lowest BCUT2D eigenvalue weighted by atomic mass is 10.1. The molecule has 0 atom stereocenters. The van der Waals surface area contributed by atoms with Crippen molar-refractivity contribution in [2.75, 3.05) is 21.3 Å². The van der Waals surface area contributed by atoms with Crippen molar-refractivity contribution >= 4 is 16.2 Å². The first-order valence-corrected chi connectivity index (χ1v) is 12.4. The van der Waals surface area contributed by atoms with Gasteiger partial charge in [0.25, 0.3) is 10.0 Å². The van der Waals surface area contributed by atoms with Gasteiger partial charge in [-0.15, -0.1) is 0 Å². The molecule has 9 nitrogen and oxygen atoms in total. The van der Waals surface area contributed by atoms with Crippen molar-refractivity contribution in [3.8, 4) is 28.5 Å². The number of hydrazone groups is 1. The third-order valence-electron chi connectivity index (χ3n) is 5.38. The molecule has 36 heavy (non-hydrogen) atoms. The molecule has 0 aliphatic carbocycles. The predicted octanol–water partition coefficient (Wildman–Crippen LogP) is 3.94. The molecule has 0 amide bonds. The van der Waals surface area contributed by atoms with Gasteiger partial charge >= 0.3 is 0 Å². The van der Waals surface area contributed by atoms with E-state index in [1.165, 1.54) is 32.6 Å². The average Bonchev–Trinajstić information content (AvgIpc) is 3.30. The molecule has 186 valence electrons. The van der Waals surface area contributed by atoms with Crippen LogP contribution in [0.1, 0.15) is 11.1 Å². The van der Waals surface area contributed by atoms with Gasteiger partial charge in [0.2, 0.25) is 0 Å². The van der Waals surface area contributed by atoms with Crippen LogP contribution in [-0.2, 0) is 16.6 Å². The lowest BCUT2D eigenvalue weighted by Crippen LogP contribution is -2.19. The number of aromatic nitrogens is 2. The molecule has 3 aromatic carbocycles. The van der Waals surface area contributed by atoms with Gasteiger partial charge in [0.05, 0.1) is 34.1 Å². The summed E-state index contributed by atoms with van der Waals surface area (Å²) >= 11 is 0. The van der Waals surface area contributed by atoms with Crippen molar-refractivity contribution in [3.63, 3.8) is 0 Å². The molecule has 0 aliphatic rings. The van der Waals surface area contributed by atoms with Crippen LogP contribution < -0.4 is 19.0 Å². The highest BCUT2D eigenvalue weighted by atomic mass is 32.2. The Hall–Kier alpha value is -4.31. The van der Waals surface area contributed by atoms with Gasteiger partial charge < -0.3 is 14.2 Å². The minimum atomic E-state index is -4.03. The van der Waals surface area contributed by atoms with Gasteiger partial charge in [-0.3, -0.25) is 4.68 Å². The Labute approximate surface area is 210 Å². The van der Waals surface area contributed by atoms with Crippen LogP contribution in [0.2, 0.25) is 0 Å². The van der Waals surface area contributed by atoms with E-state index in [4.69, 9.17) is 19.3 Å². The smallest absolute Gasteiger partial charge is 0.280 e. The quantitative estimate of drug-likeness (QED) is 0.258. The van der Waals surface area contributed by atoms with E-state index in [1.54, 1.807) is 17.9 Å². The first-order chi connectivity index (χ1) is 17.4. The van der Waals surface area contributed by atoms with Crippen molar-refractivity contribution in [2.24, 2.45) is 5.10 Å². The number of hydrogen-bond acceptors (Lipinski definition) is 7. The lowest BCUT2D eigenvalue weighted by Gasteiger charge is -2.10. The van der Waals surface area contributed by atoms with Crippen molar-refractivity contribution in [2.45, 2.75) is 11.4 Å². The van der Waals surface area contributed by atoms with Crippen molar-refractivity contribution in [1.82, 2.24) is 14.6 Å². The van der Waals surface area contributed by atoms with Crippen LogP contribution in [0.15, 0.2) is 89.0 Å². The molecule has 0 aliphatic heterocycles. The van der Waals surface area contributed by atoms with E-state index in [0.29, 0.717) is 23.6 Å². The minimum Gasteiger partial charge on any atom is -0.497 e. The summed E-state index contributed by atoms with van der Waals surface area (Å²) in [6, 6.07) is 21.9. The number of nitrogens with one attached hydrogen (secondary N) is 1. The maximum absolute atomic E-state index is 12.9. The third kappa shape index (κ3) is 5.66. The monoisotopic (exact) mass is 506 g/mol.